The van der Waals surface area contributed by atoms with Gasteiger partial charge in [-0.25, -0.2) is 0 Å². The van der Waals surface area contributed by atoms with Crippen molar-refractivity contribution in [2.75, 3.05) is 7.05 Å². The molecule has 0 heterocycles. The first-order valence-electron chi connectivity index (χ1n) is 1.75. The Morgan fingerprint density at radius 3 is 1.57 bits per heavy atom. The van der Waals surface area contributed by atoms with Crippen LogP contribution in [0.5, 0.6) is 0 Å². The Morgan fingerprint density at radius 1 is 1.57 bits per heavy atom. The zero-order chi connectivity index (χ0) is 5.41. The topological polar surface area (TPSA) is 12.4 Å². The number of rotatable bonds is 0. The summed E-state index contributed by atoms with van der Waals surface area (Å²) in [6, 6.07) is 0. The van der Waals surface area contributed by atoms with Gasteiger partial charge in [-0.1, -0.05) is 13.5 Å². The van der Waals surface area contributed by atoms with Crippen molar-refractivity contribution < 1.29 is 0 Å². The third kappa shape index (κ3) is 181. The lowest BCUT2D eigenvalue weighted by atomic mass is 10.8. The number of aliphatic imine (C=N–C) groups is 1. The standard InChI is InChI=1S/C3H6.C2H5N.CH4/c2*1-3-2;/h3H,1H2,2H3;1H2,2H3;1H4. The minimum Gasteiger partial charge on any atom is -0.304 e. The van der Waals surface area contributed by atoms with Crippen LogP contribution in [0, 0.1) is 0 Å². The third-order valence-electron chi connectivity index (χ3n) is 0. The molecular formula is C6H15N. The molecule has 0 spiro atoms. The van der Waals surface area contributed by atoms with E-state index in [1.54, 1.807) is 13.1 Å². The molecule has 0 unspecified atom stereocenters. The summed E-state index contributed by atoms with van der Waals surface area (Å²) in [6.07, 6.45) is 1.75. The molecule has 0 aromatic rings. The molecular weight excluding hydrogens is 86.1 g/mol. The predicted octanol–water partition coefficient (Wildman–Crippen LogP) is 2.15. The highest BCUT2D eigenvalue weighted by atomic mass is 14.6. The molecule has 0 saturated heterocycles. The number of nitrogens with zero attached hydrogens (tertiary/aromatic N) is 1. The maximum Gasteiger partial charge on any atom is 0.0269 e. The Balaban J connectivity index is -0.0000000400. The second kappa shape index (κ2) is 52.9. The van der Waals surface area contributed by atoms with Crippen molar-refractivity contribution in [2.24, 2.45) is 4.99 Å². The molecule has 0 aromatic heterocycles. The molecule has 0 aliphatic carbocycles. The van der Waals surface area contributed by atoms with Gasteiger partial charge in [-0.15, -0.1) is 6.58 Å². The SMILES string of the molecule is C.C=CC.C=NC. The van der Waals surface area contributed by atoms with Crippen LogP contribution in [-0.4, -0.2) is 13.8 Å². The molecule has 0 saturated carbocycles. The molecule has 0 aliphatic heterocycles. The Morgan fingerprint density at radius 2 is 1.57 bits per heavy atom. The number of hydrogen-bond acceptors (Lipinski definition) is 1. The summed E-state index contributed by atoms with van der Waals surface area (Å²) in [6.45, 7) is 8.36. The second-order valence-electron chi connectivity index (χ2n) is 0.724. The molecule has 0 radical (unpaired) electrons. The Bertz CT molecular complexity index is 25.2. The second-order valence-corrected chi connectivity index (χ2v) is 0.724. The molecule has 0 N–H and O–H groups in total. The summed E-state index contributed by atoms with van der Waals surface area (Å²) < 4.78 is 0. The van der Waals surface area contributed by atoms with E-state index in [4.69, 9.17) is 0 Å². The Hall–Kier alpha value is -0.590. The largest absolute Gasteiger partial charge is 0.304 e. The van der Waals surface area contributed by atoms with Crippen LogP contribution in [0.1, 0.15) is 14.4 Å². The molecule has 44 valence electrons. The van der Waals surface area contributed by atoms with Gasteiger partial charge in [0.25, 0.3) is 0 Å². The lowest BCUT2D eigenvalue weighted by molar-refractivity contribution is 1.49. The van der Waals surface area contributed by atoms with Crippen LogP contribution in [0.15, 0.2) is 17.6 Å². The highest BCUT2D eigenvalue weighted by Gasteiger charge is 1.15. The molecule has 0 aliphatic rings. The van der Waals surface area contributed by atoms with Crippen LogP contribution in [0.4, 0.5) is 0 Å². The molecule has 0 bridgehead atoms. The van der Waals surface area contributed by atoms with E-state index in [1.807, 2.05) is 6.92 Å². The number of hydrogen-bond donors (Lipinski definition) is 0. The van der Waals surface area contributed by atoms with Crippen molar-refractivity contribution in [3.8, 4) is 0 Å². The molecule has 7 heavy (non-hydrogen) atoms. The van der Waals surface area contributed by atoms with E-state index in [1.165, 1.54) is 0 Å². The average Bonchev–Trinajstić information content (AvgIpc) is 1.39. The first-order valence-corrected chi connectivity index (χ1v) is 1.75. The van der Waals surface area contributed by atoms with Crippen molar-refractivity contribution >= 4 is 6.72 Å². The van der Waals surface area contributed by atoms with Crippen LogP contribution in [0.2, 0.25) is 0 Å². The third-order valence-corrected chi connectivity index (χ3v) is 0. The average molecular weight is 101 g/mol. The zero-order valence-electron chi connectivity index (χ0n) is 4.44. The Labute approximate surface area is 46.8 Å². The van der Waals surface area contributed by atoms with Crippen molar-refractivity contribution in [1.82, 2.24) is 0 Å². The van der Waals surface area contributed by atoms with Gasteiger partial charge in [0.05, 0.1) is 0 Å². The molecule has 0 fully saturated rings. The zero-order valence-corrected chi connectivity index (χ0v) is 4.44. The van der Waals surface area contributed by atoms with Crippen LogP contribution < -0.4 is 0 Å². The smallest absolute Gasteiger partial charge is 0.0269 e. The van der Waals surface area contributed by atoms with Gasteiger partial charge in [0.1, 0.15) is 0 Å². The van der Waals surface area contributed by atoms with Gasteiger partial charge >= 0.3 is 0 Å². The van der Waals surface area contributed by atoms with Gasteiger partial charge in [0, 0.05) is 7.05 Å². The van der Waals surface area contributed by atoms with E-state index in [9.17, 15) is 0 Å². The van der Waals surface area contributed by atoms with Gasteiger partial charge < -0.3 is 4.99 Å². The maximum atomic E-state index is 3.36. The normalized spacial score (nSPS) is 3.71. The van der Waals surface area contributed by atoms with E-state index >= 15 is 0 Å². The lowest BCUT2D eigenvalue weighted by Crippen LogP contribution is -1.26. The molecule has 0 amide bonds. The summed E-state index contributed by atoms with van der Waals surface area (Å²) >= 11 is 0. The minimum absolute atomic E-state index is 0. The summed E-state index contributed by atoms with van der Waals surface area (Å²) in [5, 5.41) is 0. The maximum absolute atomic E-state index is 3.36. The van der Waals surface area contributed by atoms with Gasteiger partial charge in [0.2, 0.25) is 0 Å². The van der Waals surface area contributed by atoms with Gasteiger partial charge in [-0.2, -0.15) is 0 Å². The minimum atomic E-state index is 0. The van der Waals surface area contributed by atoms with Crippen molar-refractivity contribution in [3.63, 3.8) is 0 Å². The van der Waals surface area contributed by atoms with E-state index in [0.717, 1.165) is 0 Å². The highest BCUT2D eigenvalue weighted by molar-refractivity contribution is 5.22. The summed E-state index contributed by atoms with van der Waals surface area (Å²) in [5.41, 5.74) is 0. The predicted molar refractivity (Wildman–Crippen MR) is 38.1 cm³/mol. The quantitative estimate of drug-likeness (QED) is 0.327. The van der Waals surface area contributed by atoms with Gasteiger partial charge in [-0.05, 0) is 13.6 Å². The Kier molecular flexibility index (Phi) is 122. The van der Waals surface area contributed by atoms with Crippen LogP contribution in [-0.2, 0) is 0 Å². The van der Waals surface area contributed by atoms with Crippen molar-refractivity contribution in [2.45, 2.75) is 14.4 Å². The van der Waals surface area contributed by atoms with Crippen molar-refractivity contribution in [3.05, 3.63) is 12.7 Å². The van der Waals surface area contributed by atoms with E-state index in [-0.39, 0.29) is 7.43 Å². The van der Waals surface area contributed by atoms with E-state index < -0.39 is 0 Å². The molecule has 0 atom stereocenters. The van der Waals surface area contributed by atoms with Gasteiger partial charge in [-0.3, -0.25) is 0 Å². The highest BCUT2D eigenvalue weighted by Crippen LogP contribution is 1.38. The fourth-order valence-corrected chi connectivity index (χ4v) is 0. The fraction of sp³-hybridized carbons (Fsp3) is 0.500. The summed E-state index contributed by atoms with van der Waals surface area (Å²) in [7, 11) is 1.64. The van der Waals surface area contributed by atoms with Crippen LogP contribution in [0.3, 0.4) is 0 Å². The van der Waals surface area contributed by atoms with E-state index in [0.29, 0.717) is 0 Å². The molecule has 1 heteroatoms. The monoisotopic (exact) mass is 101 g/mol. The summed E-state index contributed by atoms with van der Waals surface area (Å²) in [5.74, 6) is 0. The van der Waals surface area contributed by atoms with Gasteiger partial charge in [0.15, 0.2) is 0 Å². The van der Waals surface area contributed by atoms with Crippen LogP contribution in [0.25, 0.3) is 0 Å². The lowest BCUT2D eigenvalue weighted by Gasteiger charge is -1.38. The number of allylic oxidation sites excluding steroid dienone is 1. The molecule has 1 nitrogen and oxygen atoms in total. The molecule has 0 rings (SSSR count). The summed E-state index contributed by atoms with van der Waals surface area (Å²) in [4.78, 5) is 3.25. The first kappa shape index (κ1) is 16.1. The van der Waals surface area contributed by atoms with Crippen LogP contribution >= 0.6 is 0 Å². The first-order chi connectivity index (χ1) is 2.83. The fourth-order valence-electron chi connectivity index (χ4n) is 0. The van der Waals surface area contributed by atoms with E-state index in [2.05, 4.69) is 18.3 Å². The van der Waals surface area contributed by atoms with Crippen molar-refractivity contribution in [1.29, 1.82) is 0 Å². The molecule has 0 aromatic carbocycles.